The highest BCUT2D eigenvalue weighted by Gasteiger charge is 2.23. The number of fused-ring (bicyclic) bond motifs is 1. The van der Waals surface area contributed by atoms with Gasteiger partial charge in [0.2, 0.25) is 11.3 Å². The smallest absolute Gasteiger partial charge is 0.244 e. The number of piperazine rings is 1. The van der Waals surface area contributed by atoms with Crippen molar-refractivity contribution in [3.8, 4) is 0 Å². The molecule has 1 aliphatic rings. The van der Waals surface area contributed by atoms with E-state index in [-0.39, 0.29) is 23.9 Å². The molecule has 1 aromatic heterocycles. The lowest BCUT2D eigenvalue weighted by molar-refractivity contribution is -0.134. The van der Waals surface area contributed by atoms with Crippen molar-refractivity contribution in [3.63, 3.8) is 0 Å². The fourth-order valence-corrected chi connectivity index (χ4v) is 2.72. The van der Waals surface area contributed by atoms with Crippen molar-refractivity contribution in [1.29, 1.82) is 0 Å². The minimum atomic E-state index is -0.121. The summed E-state index contributed by atoms with van der Waals surface area (Å²) in [4.78, 5) is 26.1. The van der Waals surface area contributed by atoms with Gasteiger partial charge in [-0.15, -0.1) is 0 Å². The van der Waals surface area contributed by atoms with Crippen LogP contribution in [0.2, 0.25) is 0 Å². The third-order valence-corrected chi connectivity index (χ3v) is 3.87. The Hall–Kier alpha value is -2.21. The van der Waals surface area contributed by atoms with E-state index in [9.17, 15) is 9.59 Å². The molecule has 1 aliphatic heterocycles. The van der Waals surface area contributed by atoms with Gasteiger partial charge in [-0.1, -0.05) is 12.1 Å². The molecule has 1 fully saturated rings. The number of para-hydroxylation sites is 1. The van der Waals surface area contributed by atoms with Crippen LogP contribution >= 0.6 is 0 Å². The number of nitrogens with one attached hydrogen (secondary N) is 1. The van der Waals surface area contributed by atoms with E-state index in [1.54, 1.807) is 10.7 Å². The molecule has 0 saturated carbocycles. The summed E-state index contributed by atoms with van der Waals surface area (Å²) in [5.41, 5.74) is 0.575. The van der Waals surface area contributed by atoms with Gasteiger partial charge in [-0.25, -0.2) is 0 Å². The number of carbonyl (C=O) groups is 1. The molecule has 1 saturated heterocycles. The van der Waals surface area contributed by atoms with E-state index in [1.807, 2.05) is 30.0 Å². The first kappa shape index (κ1) is 13.8. The minimum absolute atomic E-state index is 0.0327. The van der Waals surface area contributed by atoms with Gasteiger partial charge >= 0.3 is 0 Å². The molecular weight excluding hydrogens is 268 g/mol. The van der Waals surface area contributed by atoms with Crippen LogP contribution in [0.1, 0.15) is 6.92 Å². The Kier molecular flexibility index (Phi) is 3.70. The summed E-state index contributed by atoms with van der Waals surface area (Å²) in [6, 6.07) is 7.41. The van der Waals surface area contributed by atoms with E-state index in [1.165, 1.54) is 6.20 Å². The lowest BCUT2D eigenvalue weighted by Crippen LogP contribution is -2.53. The number of rotatable bonds is 2. The molecule has 0 radical (unpaired) electrons. The second-order valence-electron chi connectivity index (χ2n) is 5.32. The average Bonchev–Trinajstić information content (AvgIpc) is 2.51. The summed E-state index contributed by atoms with van der Waals surface area (Å²) in [5, 5.41) is 7.96. The van der Waals surface area contributed by atoms with Gasteiger partial charge in [0.05, 0.1) is 11.7 Å². The van der Waals surface area contributed by atoms with E-state index in [4.69, 9.17) is 0 Å². The second kappa shape index (κ2) is 5.65. The largest absolute Gasteiger partial charge is 0.336 e. The van der Waals surface area contributed by atoms with Crippen molar-refractivity contribution in [2.75, 3.05) is 19.6 Å². The molecular formula is C15H18N4O2. The number of hydrogen-bond donors (Lipinski definition) is 1. The van der Waals surface area contributed by atoms with Crippen LogP contribution in [0.5, 0.6) is 0 Å². The van der Waals surface area contributed by atoms with Crippen LogP contribution in [0.25, 0.3) is 10.9 Å². The van der Waals surface area contributed by atoms with Crippen LogP contribution in [-0.4, -0.2) is 46.3 Å². The molecule has 1 aromatic carbocycles. The number of nitrogens with zero attached hydrogens (tertiary/aromatic N) is 3. The van der Waals surface area contributed by atoms with Gasteiger partial charge in [0.15, 0.2) is 0 Å². The molecule has 2 heterocycles. The van der Waals surface area contributed by atoms with Crippen LogP contribution in [-0.2, 0) is 11.3 Å². The molecule has 21 heavy (non-hydrogen) atoms. The maximum absolute atomic E-state index is 12.5. The lowest BCUT2D eigenvalue weighted by Gasteiger charge is -2.34. The summed E-state index contributed by atoms with van der Waals surface area (Å²) in [6.45, 7) is 4.52. The number of benzene rings is 1. The number of hydrogen-bond acceptors (Lipinski definition) is 4. The Morgan fingerprint density at radius 2 is 2.24 bits per heavy atom. The highest BCUT2D eigenvalue weighted by atomic mass is 16.2. The summed E-state index contributed by atoms with van der Waals surface area (Å²) in [6.07, 6.45) is 1.27. The van der Waals surface area contributed by atoms with Crippen molar-refractivity contribution in [2.45, 2.75) is 19.5 Å². The molecule has 0 bridgehead atoms. The lowest BCUT2D eigenvalue weighted by atomic mass is 10.2. The molecule has 1 N–H and O–H groups in total. The van der Waals surface area contributed by atoms with Crippen molar-refractivity contribution < 1.29 is 4.79 Å². The van der Waals surface area contributed by atoms with Gasteiger partial charge < -0.3 is 10.2 Å². The standard InChI is InChI=1S/C15H18N4O2/c1-11-8-16-6-7-18(11)15(21)10-19-13-5-3-2-4-12(13)14(20)9-17-19/h2-5,9,11,16H,6-8,10H2,1H3/t11-/m1/s1. The second-order valence-corrected chi connectivity index (χ2v) is 5.32. The van der Waals surface area contributed by atoms with Crippen LogP contribution in [0.4, 0.5) is 0 Å². The zero-order chi connectivity index (χ0) is 14.8. The molecule has 0 spiro atoms. The summed E-state index contributed by atoms with van der Waals surface area (Å²) in [5.74, 6) is 0.0327. The van der Waals surface area contributed by atoms with Gasteiger partial charge in [-0.2, -0.15) is 5.10 Å². The number of amides is 1. The van der Waals surface area contributed by atoms with Gasteiger partial charge in [0, 0.05) is 31.1 Å². The van der Waals surface area contributed by atoms with E-state index in [2.05, 4.69) is 10.4 Å². The fraction of sp³-hybridized carbons (Fsp3) is 0.400. The third kappa shape index (κ3) is 2.67. The quantitative estimate of drug-likeness (QED) is 0.857. The maximum Gasteiger partial charge on any atom is 0.244 e. The van der Waals surface area contributed by atoms with Crippen LogP contribution in [0.3, 0.4) is 0 Å². The van der Waals surface area contributed by atoms with Crippen LogP contribution in [0, 0.1) is 0 Å². The molecule has 2 aromatic rings. The van der Waals surface area contributed by atoms with E-state index in [0.717, 1.165) is 13.1 Å². The van der Waals surface area contributed by atoms with Crippen LogP contribution in [0.15, 0.2) is 35.3 Å². The summed E-state index contributed by atoms with van der Waals surface area (Å²) in [7, 11) is 0. The Bertz CT molecular complexity index is 725. The predicted octanol–water partition coefficient (Wildman–Crippen LogP) is 0.217. The van der Waals surface area contributed by atoms with Gasteiger partial charge in [-0.05, 0) is 19.1 Å². The first-order chi connectivity index (χ1) is 10.2. The number of carbonyl (C=O) groups excluding carboxylic acids is 1. The molecule has 6 heteroatoms. The number of aromatic nitrogens is 2. The molecule has 0 aliphatic carbocycles. The van der Waals surface area contributed by atoms with Crippen LogP contribution < -0.4 is 10.7 Å². The van der Waals surface area contributed by atoms with Gasteiger partial charge in [-0.3, -0.25) is 14.3 Å². The Labute approximate surface area is 122 Å². The first-order valence-corrected chi connectivity index (χ1v) is 7.12. The Balaban J connectivity index is 1.90. The predicted molar refractivity (Wildman–Crippen MR) is 80.0 cm³/mol. The minimum Gasteiger partial charge on any atom is -0.336 e. The summed E-state index contributed by atoms with van der Waals surface area (Å²) >= 11 is 0. The molecule has 1 amide bonds. The van der Waals surface area contributed by atoms with E-state index >= 15 is 0 Å². The Morgan fingerprint density at radius 1 is 1.43 bits per heavy atom. The molecule has 1 atom stereocenters. The highest BCUT2D eigenvalue weighted by molar-refractivity contribution is 5.81. The van der Waals surface area contributed by atoms with Crippen molar-refractivity contribution in [3.05, 3.63) is 40.7 Å². The SMILES string of the molecule is C[C@@H]1CNCCN1C(=O)Cn1ncc(=O)c2ccccc21. The van der Waals surface area contributed by atoms with Gasteiger partial charge in [0.1, 0.15) is 6.54 Å². The zero-order valence-corrected chi connectivity index (χ0v) is 12.0. The van der Waals surface area contributed by atoms with Crippen molar-refractivity contribution in [1.82, 2.24) is 20.0 Å². The molecule has 0 unspecified atom stereocenters. The Morgan fingerprint density at radius 3 is 3.05 bits per heavy atom. The third-order valence-electron chi connectivity index (χ3n) is 3.87. The summed E-state index contributed by atoms with van der Waals surface area (Å²) < 4.78 is 1.60. The fourth-order valence-electron chi connectivity index (χ4n) is 2.72. The molecule has 3 rings (SSSR count). The normalized spacial score (nSPS) is 18.9. The van der Waals surface area contributed by atoms with Crippen molar-refractivity contribution >= 4 is 16.8 Å². The monoisotopic (exact) mass is 286 g/mol. The molecule has 6 nitrogen and oxygen atoms in total. The van der Waals surface area contributed by atoms with Crippen molar-refractivity contribution in [2.24, 2.45) is 0 Å². The average molecular weight is 286 g/mol. The van der Waals surface area contributed by atoms with E-state index in [0.29, 0.717) is 17.4 Å². The highest BCUT2D eigenvalue weighted by Crippen LogP contribution is 2.10. The van der Waals surface area contributed by atoms with Gasteiger partial charge in [0.25, 0.3) is 0 Å². The molecule has 110 valence electrons. The topological polar surface area (TPSA) is 67.2 Å². The maximum atomic E-state index is 12.5. The zero-order valence-electron chi connectivity index (χ0n) is 12.0. The van der Waals surface area contributed by atoms with E-state index < -0.39 is 0 Å². The first-order valence-electron chi connectivity index (χ1n) is 7.12.